The van der Waals surface area contributed by atoms with Crippen LogP contribution in [0.3, 0.4) is 0 Å². The first kappa shape index (κ1) is 22.4. The highest BCUT2D eigenvalue weighted by Crippen LogP contribution is 2.39. The van der Waals surface area contributed by atoms with Gasteiger partial charge in [-0.05, 0) is 29.8 Å². The first-order chi connectivity index (χ1) is 16.5. The van der Waals surface area contributed by atoms with E-state index >= 15 is 0 Å². The second-order valence-corrected chi connectivity index (χ2v) is 9.19. The number of piperazine rings is 1. The quantitative estimate of drug-likeness (QED) is 0.421. The van der Waals surface area contributed by atoms with Crippen molar-refractivity contribution < 1.29 is 13.9 Å². The Morgan fingerprint density at radius 1 is 1.15 bits per heavy atom. The molecule has 1 fully saturated rings. The van der Waals surface area contributed by atoms with Gasteiger partial charge in [0.25, 0.3) is 0 Å². The molecule has 1 saturated heterocycles. The van der Waals surface area contributed by atoms with Crippen LogP contribution >= 0.6 is 11.3 Å². The van der Waals surface area contributed by atoms with Gasteiger partial charge in [0, 0.05) is 69.9 Å². The van der Waals surface area contributed by atoms with Gasteiger partial charge in [-0.25, -0.2) is 4.39 Å². The summed E-state index contributed by atoms with van der Waals surface area (Å²) >= 11 is 1.51. The smallest absolute Gasteiger partial charge is 0.221 e. The highest BCUT2D eigenvalue weighted by atomic mass is 32.1. The summed E-state index contributed by atoms with van der Waals surface area (Å²) in [4.78, 5) is 23.7. The Balaban J connectivity index is 1.36. The molecule has 2 N–H and O–H groups in total. The van der Waals surface area contributed by atoms with E-state index in [9.17, 15) is 9.18 Å². The molecule has 0 radical (unpaired) electrons. The fourth-order valence-electron chi connectivity index (χ4n) is 3.90. The number of benzene rings is 1. The van der Waals surface area contributed by atoms with Gasteiger partial charge in [0.05, 0.1) is 20.8 Å². The normalized spacial score (nSPS) is 14.3. The number of carbonyl (C=O) groups excluding carboxylic acids is 1. The number of aromatic nitrogens is 2. The van der Waals surface area contributed by atoms with E-state index in [0.717, 1.165) is 53.5 Å². The molecule has 3 aromatic heterocycles. The standard InChI is InChI=1S/C25H24FN5O2S/c1-16(32)30-18-3-5-22(19(26)12-18)33-23-6-7-28-21-13-24(34-25(21)23)20-4-2-17(14-29-20)15-31-10-8-27-9-11-31/h2-7,12-14,27H,8-11,15H2,1H3,(H,30,32). The summed E-state index contributed by atoms with van der Waals surface area (Å²) in [6.45, 7) is 6.40. The van der Waals surface area contributed by atoms with Crippen molar-refractivity contribution in [3.8, 4) is 22.1 Å². The lowest BCUT2D eigenvalue weighted by Crippen LogP contribution is -2.42. The summed E-state index contributed by atoms with van der Waals surface area (Å²) in [6.07, 6.45) is 3.57. The van der Waals surface area contributed by atoms with Gasteiger partial charge in [-0.15, -0.1) is 11.3 Å². The summed E-state index contributed by atoms with van der Waals surface area (Å²) in [6, 6.07) is 12.2. The number of carbonyl (C=O) groups is 1. The fourth-order valence-corrected chi connectivity index (χ4v) is 4.94. The van der Waals surface area contributed by atoms with E-state index in [4.69, 9.17) is 4.74 Å². The van der Waals surface area contributed by atoms with Crippen molar-refractivity contribution in [3.63, 3.8) is 0 Å². The maximum absolute atomic E-state index is 14.6. The third-order valence-corrected chi connectivity index (χ3v) is 6.70. The van der Waals surface area contributed by atoms with E-state index in [1.54, 1.807) is 18.3 Å². The number of halogens is 1. The molecule has 4 aromatic rings. The Morgan fingerprint density at radius 3 is 2.74 bits per heavy atom. The molecule has 0 atom stereocenters. The van der Waals surface area contributed by atoms with Gasteiger partial charge >= 0.3 is 0 Å². The van der Waals surface area contributed by atoms with Crippen molar-refractivity contribution in [3.05, 3.63) is 66.2 Å². The van der Waals surface area contributed by atoms with Crippen LogP contribution in [0.5, 0.6) is 11.5 Å². The number of amides is 1. The van der Waals surface area contributed by atoms with Crippen molar-refractivity contribution in [2.24, 2.45) is 0 Å². The van der Waals surface area contributed by atoms with Crippen LogP contribution in [0.4, 0.5) is 10.1 Å². The lowest BCUT2D eigenvalue weighted by molar-refractivity contribution is -0.114. The van der Waals surface area contributed by atoms with Crippen LogP contribution in [0.1, 0.15) is 12.5 Å². The van der Waals surface area contributed by atoms with E-state index in [1.165, 1.54) is 36.0 Å². The van der Waals surface area contributed by atoms with Gasteiger partial charge in [-0.3, -0.25) is 19.7 Å². The number of ether oxygens (including phenoxy) is 1. The van der Waals surface area contributed by atoms with Crippen molar-refractivity contribution in [1.82, 2.24) is 20.2 Å². The number of hydrogen-bond acceptors (Lipinski definition) is 7. The number of thiophene rings is 1. The minimum atomic E-state index is -0.560. The molecule has 0 aliphatic carbocycles. The fraction of sp³-hybridized carbons (Fsp3) is 0.240. The number of fused-ring (bicyclic) bond motifs is 1. The first-order valence-electron chi connectivity index (χ1n) is 11.1. The van der Waals surface area contributed by atoms with Gasteiger partial charge in [-0.1, -0.05) is 6.07 Å². The van der Waals surface area contributed by atoms with Crippen LogP contribution in [0.25, 0.3) is 20.8 Å². The molecule has 0 unspecified atom stereocenters. The molecule has 0 saturated carbocycles. The van der Waals surface area contributed by atoms with Gasteiger partial charge in [0.2, 0.25) is 5.91 Å². The molecule has 174 valence electrons. The Kier molecular flexibility index (Phi) is 6.48. The molecule has 9 heteroatoms. The van der Waals surface area contributed by atoms with Crippen LogP contribution in [0.2, 0.25) is 0 Å². The average molecular weight is 478 g/mol. The lowest BCUT2D eigenvalue weighted by Gasteiger charge is -2.27. The number of nitrogens with zero attached hydrogens (tertiary/aromatic N) is 3. The molecule has 1 amide bonds. The van der Waals surface area contributed by atoms with E-state index in [-0.39, 0.29) is 11.7 Å². The van der Waals surface area contributed by atoms with Crippen LogP contribution in [-0.4, -0.2) is 47.0 Å². The molecule has 0 spiro atoms. The summed E-state index contributed by atoms with van der Waals surface area (Å²) in [5.41, 5.74) is 3.19. The van der Waals surface area contributed by atoms with E-state index in [1.807, 2.05) is 18.3 Å². The Morgan fingerprint density at radius 2 is 2.00 bits per heavy atom. The maximum atomic E-state index is 14.6. The highest BCUT2D eigenvalue weighted by molar-refractivity contribution is 7.22. The van der Waals surface area contributed by atoms with Crippen molar-refractivity contribution in [2.45, 2.75) is 13.5 Å². The number of hydrogen-bond donors (Lipinski definition) is 2. The second-order valence-electron chi connectivity index (χ2n) is 8.14. The van der Waals surface area contributed by atoms with Crippen molar-refractivity contribution in [2.75, 3.05) is 31.5 Å². The summed E-state index contributed by atoms with van der Waals surface area (Å²) in [5, 5.41) is 5.93. The maximum Gasteiger partial charge on any atom is 0.221 e. The van der Waals surface area contributed by atoms with Crippen LogP contribution < -0.4 is 15.4 Å². The zero-order valence-corrected chi connectivity index (χ0v) is 19.5. The third-order valence-electron chi connectivity index (χ3n) is 5.54. The number of anilines is 1. The number of pyridine rings is 2. The summed E-state index contributed by atoms with van der Waals surface area (Å²) in [7, 11) is 0. The van der Waals surface area contributed by atoms with E-state index in [0.29, 0.717) is 11.4 Å². The summed E-state index contributed by atoms with van der Waals surface area (Å²) < 4.78 is 21.3. The predicted molar refractivity (Wildman–Crippen MR) is 132 cm³/mol. The van der Waals surface area contributed by atoms with Crippen LogP contribution in [0.15, 0.2) is 54.9 Å². The Labute approximate surface area is 200 Å². The molecular weight excluding hydrogens is 453 g/mol. The van der Waals surface area contributed by atoms with Crippen molar-refractivity contribution in [1.29, 1.82) is 0 Å². The molecule has 4 heterocycles. The number of nitrogens with one attached hydrogen (secondary N) is 2. The van der Waals surface area contributed by atoms with Gasteiger partial charge < -0.3 is 15.4 Å². The van der Waals surface area contributed by atoms with Crippen LogP contribution in [-0.2, 0) is 11.3 Å². The zero-order chi connectivity index (χ0) is 23.5. The molecular formula is C25H24FN5O2S. The molecule has 1 aliphatic rings. The number of rotatable bonds is 6. The van der Waals surface area contributed by atoms with E-state index in [2.05, 4.69) is 31.6 Å². The zero-order valence-electron chi connectivity index (χ0n) is 18.7. The van der Waals surface area contributed by atoms with Gasteiger partial charge in [0.15, 0.2) is 11.6 Å². The van der Waals surface area contributed by atoms with Gasteiger partial charge in [-0.2, -0.15) is 0 Å². The lowest BCUT2D eigenvalue weighted by atomic mass is 10.2. The largest absolute Gasteiger partial charge is 0.453 e. The van der Waals surface area contributed by atoms with E-state index < -0.39 is 5.82 Å². The molecule has 5 rings (SSSR count). The average Bonchev–Trinajstić information content (AvgIpc) is 3.27. The SMILES string of the molecule is CC(=O)Nc1ccc(Oc2ccnc3cc(-c4ccc(CN5CCNCC5)cn4)sc23)c(F)c1. The molecule has 1 aromatic carbocycles. The summed E-state index contributed by atoms with van der Waals surface area (Å²) in [5.74, 6) is -0.232. The molecule has 1 aliphatic heterocycles. The minimum absolute atomic E-state index is 0.0759. The Bertz CT molecular complexity index is 1320. The first-order valence-corrected chi connectivity index (χ1v) is 11.9. The monoisotopic (exact) mass is 477 g/mol. The minimum Gasteiger partial charge on any atom is -0.453 e. The van der Waals surface area contributed by atoms with Crippen molar-refractivity contribution >= 4 is 33.1 Å². The highest BCUT2D eigenvalue weighted by Gasteiger charge is 2.15. The third kappa shape index (κ3) is 5.06. The molecule has 7 nitrogen and oxygen atoms in total. The van der Waals surface area contributed by atoms with Gasteiger partial charge in [0.1, 0.15) is 5.75 Å². The predicted octanol–water partition coefficient (Wildman–Crippen LogP) is 4.65. The molecule has 0 bridgehead atoms. The Hall–Kier alpha value is -3.40. The topological polar surface area (TPSA) is 79.4 Å². The second kappa shape index (κ2) is 9.84. The molecule has 34 heavy (non-hydrogen) atoms. The van der Waals surface area contributed by atoms with Crippen LogP contribution in [0, 0.1) is 5.82 Å².